The number of H-pyrrole nitrogens is 1. The highest BCUT2D eigenvalue weighted by molar-refractivity contribution is 5.94. The molecular weight excluding hydrogens is 284 g/mol. The van der Waals surface area contributed by atoms with Gasteiger partial charge in [-0.05, 0) is 31.0 Å². The Morgan fingerprint density at radius 2 is 2.23 bits per heavy atom. The van der Waals surface area contributed by atoms with Crippen molar-refractivity contribution >= 4 is 5.91 Å². The molecule has 2 aromatic rings. The Balaban J connectivity index is 1.77. The highest BCUT2D eigenvalue weighted by Crippen LogP contribution is 2.14. The van der Waals surface area contributed by atoms with Gasteiger partial charge in [-0.1, -0.05) is 0 Å². The molecule has 2 aromatic heterocycles. The van der Waals surface area contributed by atoms with Gasteiger partial charge in [0.15, 0.2) is 0 Å². The second-order valence-electron chi connectivity index (χ2n) is 5.08. The average Bonchev–Trinajstić information content (AvgIpc) is 3.07. The van der Waals surface area contributed by atoms with Crippen LogP contribution in [0.1, 0.15) is 23.2 Å². The maximum absolute atomic E-state index is 12.2. The summed E-state index contributed by atoms with van der Waals surface area (Å²) in [6.45, 7) is 1.13. The van der Waals surface area contributed by atoms with Crippen LogP contribution >= 0.6 is 0 Å². The summed E-state index contributed by atoms with van der Waals surface area (Å²) < 4.78 is 5.44. The predicted molar refractivity (Wildman–Crippen MR) is 79.4 cm³/mol. The third-order valence-electron chi connectivity index (χ3n) is 3.54. The summed E-state index contributed by atoms with van der Waals surface area (Å²) in [5.41, 5.74) is 0.825. The lowest BCUT2D eigenvalue weighted by Crippen LogP contribution is -2.35. The third kappa shape index (κ3) is 3.20. The van der Waals surface area contributed by atoms with E-state index in [1.807, 2.05) is 0 Å². The molecule has 0 saturated carbocycles. The number of carbonyl (C=O) groups is 1. The molecule has 0 bridgehead atoms. The molecule has 2 N–H and O–H groups in total. The molecule has 0 unspecified atom stereocenters. The first-order chi connectivity index (χ1) is 10.7. The van der Waals surface area contributed by atoms with Crippen LogP contribution in [-0.4, -0.2) is 40.3 Å². The molecule has 1 aliphatic rings. The molecule has 3 rings (SSSR count). The van der Waals surface area contributed by atoms with Crippen molar-refractivity contribution in [2.75, 3.05) is 13.2 Å². The summed E-state index contributed by atoms with van der Waals surface area (Å²) >= 11 is 0. The zero-order valence-corrected chi connectivity index (χ0v) is 11.9. The predicted octanol–water partition coefficient (Wildman–Crippen LogP) is 0.741. The monoisotopic (exact) mass is 300 g/mol. The fourth-order valence-electron chi connectivity index (χ4n) is 2.35. The topological polar surface area (TPSA) is 97.0 Å². The minimum Gasteiger partial charge on any atom is -0.376 e. The van der Waals surface area contributed by atoms with Crippen LogP contribution in [0.15, 0.2) is 35.4 Å². The van der Waals surface area contributed by atoms with E-state index in [-0.39, 0.29) is 11.7 Å². The van der Waals surface area contributed by atoms with Crippen molar-refractivity contribution in [3.8, 4) is 11.3 Å². The van der Waals surface area contributed by atoms with Gasteiger partial charge in [0, 0.05) is 31.1 Å². The second-order valence-corrected chi connectivity index (χ2v) is 5.08. The number of hydrogen-bond acceptors (Lipinski definition) is 5. The van der Waals surface area contributed by atoms with Gasteiger partial charge in [-0.3, -0.25) is 14.6 Å². The molecule has 22 heavy (non-hydrogen) atoms. The Hall–Kier alpha value is -2.54. The molecule has 0 spiro atoms. The highest BCUT2D eigenvalue weighted by atomic mass is 16.5. The standard InChI is InChI=1S/C15H16N4O3/c20-14(17-9-11-2-1-7-22-11)12-8-13(18-19-15(12)21)10-3-5-16-6-4-10/h3-6,8,11H,1-2,7,9H2,(H,17,20)(H,19,21)/t11-/m0/s1. The molecule has 0 aliphatic carbocycles. The average molecular weight is 300 g/mol. The van der Waals surface area contributed by atoms with E-state index in [0.29, 0.717) is 12.2 Å². The van der Waals surface area contributed by atoms with E-state index in [2.05, 4.69) is 20.5 Å². The van der Waals surface area contributed by atoms with Gasteiger partial charge in [0.25, 0.3) is 11.5 Å². The van der Waals surface area contributed by atoms with Crippen LogP contribution in [0.25, 0.3) is 11.3 Å². The molecule has 3 heterocycles. The molecule has 0 aromatic carbocycles. The van der Waals surface area contributed by atoms with Gasteiger partial charge in [-0.2, -0.15) is 5.10 Å². The quantitative estimate of drug-likeness (QED) is 0.868. The van der Waals surface area contributed by atoms with Crippen molar-refractivity contribution in [3.63, 3.8) is 0 Å². The highest BCUT2D eigenvalue weighted by Gasteiger charge is 2.18. The van der Waals surface area contributed by atoms with Crippen LogP contribution in [-0.2, 0) is 4.74 Å². The first-order valence-corrected chi connectivity index (χ1v) is 7.14. The van der Waals surface area contributed by atoms with Gasteiger partial charge >= 0.3 is 0 Å². The molecule has 7 nitrogen and oxygen atoms in total. The summed E-state index contributed by atoms with van der Waals surface area (Å²) in [6.07, 6.45) is 5.21. The minimum atomic E-state index is -0.511. The molecule has 1 saturated heterocycles. The third-order valence-corrected chi connectivity index (χ3v) is 3.54. The molecular formula is C15H16N4O3. The smallest absolute Gasteiger partial charge is 0.277 e. The number of nitrogens with zero attached hydrogens (tertiary/aromatic N) is 2. The Kier molecular flexibility index (Phi) is 4.24. The first kappa shape index (κ1) is 14.4. The van der Waals surface area contributed by atoms with Crippen LogP contribution in [0.5, 0.6) is 0 Å². The fraction of sp³-hybridized carbons (Fsp3) is 0.333. The van der Waals surface area contributed by atoms with Crippen molar-refractivity contribution in [2.45, 2.75) is 18.9 Å². The van der Waals surface area contributed by atoms with Crippen molar-refractivity contribution in [1.82, 2.24) is 20.5 Å². The van der Waals surface area contributed by atoms with Gasteiger partial charge in [-0.15, -0.1) is 0 Å². The van der Waals surface area contributed by atoms with E-state index in [1.54, 1.807) is 24.5 Å². The molecule has 1 atom stereocenters. The van der Waals surface area contributed by atoms with Gasteiger partial charge in [0.1, 0.15) is 5.56 Å². The number of aromatic amines is 1. The van der Waals surface area contributed by atoms with Crippen LogP contribution in [0.2, 0.25) is 0 Å². The number of aromatic nitrogens is 3. The summed E-state index contributed by atoms with van der Waals surface area (Å²) in [5, 5.41) is 9.05. The number of ether oxygens (including phenoxy) is 1. The normalized spacial score (nSPS) is 17.4. The summed E-state index contributed by atoms with van der Waals surface area (Å²) in [7, 11) is 0. The summed E-state index contributed by atoms with van der Waals surface area (Å²) in [5.74, 6) is -0.422. The second kappa shape index (κ2) is 6.48. The largest absolute Gasteiger partial charge is 0.376 e. The van der Waals surface area contributed by atoms with Crippen molar-refractivity contribution in [1.29, 1.82) is 0 Å². The number of carbonyl (C=O) groups excluding carboxylic acids is 1. The molecule has 1 fully saturated rings. The maximum Gasteiger partial charge on any atom is 0.277 e. The van der Waals surface area contributed by atoms with Crippen LogP contribution in [0.4, 0.5) is 0 Å². The van der Waals surface area contributed by atoms with E-state index < -0.39 is 11.5 Å². The lowest BCUT2D eigenvalue weighted by atomic mass is 10.1. The first-order valence-electron chi connectivity index (χ1n) is 7.14. The number of rotatable bonds is 4. The van der Waals surface area contributed by atoms with E-state index in [1.165, 1.54) is 6.07 Å². The molecule has 114 valence electrons. The lowest BCUT2D eigenvalue weighted by Gasteiger charge is -2.10. The van der Waals surface area contributed by atoms with E-state index >= 15 is 0 Å². The molecule has 1 aliphatic heterocycles. The number of amides is 1. The summed E-state index contributed by atoms with van der Waals surface area (Å²) in [4.78, 5) is 27.9. The summed E-state index contributed by atoms with van der Waals surface area (Å²) in [6, 6.07) is 5.00. The molecule has 1 amide bonds. The van der Waals surface area contributed by atoms with Gasteiger partial charge in [0.05, 0.1) is 11.8 Å². The van der Waals surface area contributed by atoms with Crippen molar-refractivity contribution in [2.24, 2.45) is 0 Å². The van der Waals surface area contributed by atoms with E-state index in [4.69, 9.17) is 4.74 Å². The number of hydrogen-bond donors (Lipinski definition) is 2. The van der Waals surface area contributed by atoms with Gasteiger partial charge in [-0.25, -0.2) is 5.10 Å². The van der Waals surface area contributed by atoms with Crippen molar-refractivity contribution in [3.05, 3.63) is 46.5 Å². The zero-order valence-electron chi connectivity index (χ0n) is 11.9. The number of nitrogens with one attached hydrogen (secondary N) is 2. The Labute approximate surface area is 126 Å². The van der Waals surface area contributed by atoms with Gasteiger partial charge in [0.2, 0.25) is 0 Å². The van der Waals surface area contributed by atoms with E-state index in [9.17, 15) is 9.59 Å². The Morgan fingerprint density at radius 3 is 2.95 bits per heavy atom. The Bertz CT molecular complexity index is 708. The van der Waals surface area contributed by atoms with E-state index in [0.717, 1.165) is 25.0 Å². The number of pyridine rings is 1. The minimum absolute atomic E-state index is 0.0320. The van der Waals surface area contributed by atoms with Crippen LogP contribution in [0.3, 0.4) is 0 Å². The fourth-order valence-corrected chi connectivity index (χ4v) is 2.35. The molecule has 7 heteroatoms. The van der Waals surface area contributed by atoms with Crippen LogP contribution < -0.4 is 10.9 Å². The molecule has 0 radical (unpaired) electrons. The maximum atomic E-state index is 12.2. The SMILES string of the molecule is O=C(NC[C@@H]1CCCO1)c1cc(-c2ccncc2)n[nH]c1=O. The van der Waals surface area contributed by atoms with Gasteiger partial charge < -0.3 is 10.1 Å². The van der Waals surface area contributed by atoms with Crippen LogP contribution in [0, 0.1) is 0 Å². The lowest BCUT2D eigenvalue weighted by molar-refractivity contribution is 0.0856. The Morgan fingerprint density at radius 1 is 1.41 bits per heavy atom. The zero-order chi connectivity index (χ0) is 15.4. The van der Waals surface area contributed by atoms with Crippen molar-refractivity contribution < 1.29 is 9.53 Å².